The lowest BCUT2D eigenvalue weighted by Gasteiger charge is -2.11. The highest BCUT2D eigenvalue weighted by molar-refractivity contribution is 6.21. The van der Waals surface area contributed by atoms with Gasteiger partial charge in [-0.25, -0.2) is 49.8 Å². The van der Waals surface area contributed by atoms with Gasteiger partial charge in [0.25, 0.3) is 0 Å². The van der Waals surface area contributed by atoms with Crippen molar-refractivity contribution in [2.45, 2.75) is 0 Å². The van der Waals surface area contributed by atoms with E-state index in [9.17, 15) is 0 Å². The zero-order chi connectivity index (χ0) is 98.6. The van der Waals surface area contributed by atoms with E-state index in [1.165, 1.54) is 22.1 Å². The Labute approximate surface area is 854 Å². The van der Waals surface area contributed by atoms with E-state index >= 15 is 0 Å². The summed E-state index contributed by atoms with van der Waals surface area (Å²) in [7, 11) is 0. The van der Waals surface area contributed by atoms with Crippen molar-refractivity contribution >= 4 is 120 Å². The Kier molecular flexibility index (Phi) is 22.2. The molecular weight excluding hydrogens is 1830 g/mol. The van der Waals surface area contributed by atoms with Crippen molar-refractivity contribution in [3.8, 4) is 169 Å². The van der Waals surface area contributed by atoms with Crippen LogP contribution in [0.5, 0.6) is 0 Å². The van der Waals surface area contributed by atoms with E-state index < -0.39 is 0 Å². The minimum Gasteiger partial charge on any atom is -0.455 e. The van der Waals surface area contributed by atoms with Gasteiger partial charge >= 0.3 is 0 Å². The lowest BCUT2D eigenvalue weighted by molar-refractivity contribution is 0.669. The second-order valence-electron chi connectivity index (χ2n) is 36.9. The molecule has 0 aliphatic rings. The van der Waals surface area contributed by atoms with Crippen molar-refractivity contribution in [2.75, 3.05) is 0 Å². The molecule has 0 N–H and O–H groups in total. The van der Waals surface area contributed by atoms with Gasteiger partial charge in [0.1, 0.15) is 39.1 Å². The van der Waals surface area contributed by atoms with E-state index in [4.69, 9.17) is 68.1 Å². The van der Waals surface area contributed by atoms with E-state index in [-0.39, 0.29) is 0 Å². The van der Waals surface area contributed by atoms with Gasteiger partial charge in [-0.2, -0.15) is 0 Å². The van der Waals surface area contributed by atoms with Crippen LogP contribution in [0.15, 0.2) is 511 Å². The highest BCUT2D eigenvalue weighted by atomic mass is 16.3. The molecule has 0 saturated heterocycles. The van der Waals surface area contributed by atoms with Crippen LogP contribution in [0.3, 0.4) is 0 Å². The van der Waals surface area contributed by atoms with Crippen molar-refractivity contribution in [2.24, 2.45) is 0 Å². The molecule has 9 heterocycles. The number of fused-ring (bicyclic) bond motifs is 14. The molecule has 0 spiro atoms. The zero-order valence-electron chi connectivity index (χ0n) is 79.9. The van der Waals surface area contributed by atoms with Gasteiger partial charge in [-0.15, -0.1) is 0 Å². The summed E-state index contributed by atoms with van der Waals surface area (Å²) in [5.41, 5.74) is 27.9. The second kappa shape index (κ2) is 37.8. The highest BCUT2D eigenvalue weighted by Crippen LogP contribution is 2.48. The quantitative estimate of drug-likeness (QED) is 0.0940. The average molecular weight is 1910 g/mol. The Morgan fingerprint density at radius 1 is 0.154 bits per heavy atom. The number of hydrogen-bond donors (Lipinski definition) is 0. The van der Waals surface area contributed by atoms with Gasteiger partial charge in [0.15, 0.2) is 58.0 Å². The second-order valence-corrected chi connectivity index (χ2v) is 36.9. The molecule has 29 rings (SSSR count). The first-order chi connectivity index (χ1) is 73.8. The Balaban J connectivity index is 0.000000110. The van der Waals surface area contributed by atoms with Crippen LogP contribution in [-0.2, 0) is 0 Å². The summed E-state index contributed by atoms with van der Waals surface area (Å²) < 4.78 is 20.3. The van der Waals surface area contributed by atoms with Crippen LogP contribution in [0.2, 0.25) is 0 Å². The summed E-state index contributed by atoms with van der Waals surface area (Å²) in [6, 6.07) is 166. The summed E-state index contributed by atoms with van der Waals surface area (Å²) in [6.45, 7) is 0. The molecule has 0 fully saturated rings. The van der Waals surface area contributed by atoms with Crippen LogP contribution in [0.1, 0.15) is 0 Å². The van der Waals surface area contributed by atoms with Gasteiger partial charge in [-0.1, -0.05) is 406 Å². The molecule has 0 saturated carbocycles. The number of furan rings is 3. The van der Waals surface area contributed by atoms with Crippen LogP contribution in [0.4, 0.5) is 0 Å². The summed E-state index contributed by atoms with van der Waals surface area (Å²) in [6.07, 6.45) is 3.70. The number of pyridine rings is 3. The molecule has 0 aliphatic carbocycles. The number of benzene rings is 20. The molecular formula is C134H82N12O3. The molecule has 149 heavy (non-hydrogen) atoms. The third-order valence-corrected chi connectivity index (χ3v) is 27.7. The van der Waals surface area contributed by atoms with Crippen molar-refractivity contribution < 1.29 is 13.3 Å². The van der Waals surface area contributed by atoms with Crippen LogP contribution in [0, 0.1) is 0 Å². The molecule has 696 valence electrons. The van der Waals surface area contributed by atoms with Crippen LogP contribution in [-0.4, -0.2) is 59.8 Å². The maximum atomic E-state index is 6.80. The maximum absolute atomic E-state index is 6.80. The minimum absolute atomic E-state index is 0.490. The number of rotatable bonds is 15. The summed E-state index contributed by atoms with van der Waals surface area (Å²) in [4.78, 5) is 60.5. The van der Waals surface area contributed by atoms with Crippen LogP contribution in [0.25, 0.3) is 289 Å². The van der Waals surface area contributed by atoms with Crippen molar-refractivity contribution in [3.63, 3.8) is 0 Å². The molecule has 29 aromatic rings. The topological polar surface area (TPSA) is 194 Å². The summed E-state index contributed by atoms with van der Waals surface area (Å²) in [5, 5.41) is 13.5. The smallest absolute Gasteiger partial charge is 0.183 e. The number of para-hydroxylation sites is 1. The molecule has 0 radical (unpaired) electrons. The molecule has 0 amide bonds. The molecule has 20 aromatic carbocycles. The molecule has 0 bridgehead atoms. The van der Waals surface area contributed by atoms with E-state index in [0.29, 0.717) is 63.7 Å². The fourth-order valence-electron chi connectivity index (χ4n) is 20.2. The first-order valence-electron chi connectivity index (χ1n) is 49.5. The van der Waals surface area contributed by atoms with Crippen molar-refractivity contribution in [1.82, 2.24) is 59.8 Å². The van der Waals surface area contributed by atoms with Gasteiger partial charge in [0.05, 0.1) is 21.8 Å². The van der Waals surface area contributed by atoms with E-state index in [0.717, 1.165) is 204 Å². The fraction of sp³-hybridized carbons (Fsp3) is 0. The molecule has 0 unspecified atom stereocenters. The lowest BCUT2D eigenvalue weighted by atomic mass is 9.96. The summed E-state index contributed by atoms with van der Waals surface area (Å²) >= 11 is 0. The van der Waals surface area contributed by atoms with Gasteiger partial charge < -0.3 is 13.3 Å². The molecule has 0 atom stereocenters. The van der Waals surface area contributed by atoms with Gasteiger partial charge in [-0.05, 0) is 161 Å². The Hall–Kier alpha value is -20.4. The average Bonchev–Trinajstić information content (AvgIpc) is 1.59. The standard InChI is InChI=1S/2C46H28N4O.C42H26N4O/c1-3-11-29(12-4-1)31-19-22-32(23-20-31)37-25-26-38(41-42-40(51-43(37)41)28-35-17-9-10-18-39(35)47-42)46-49-44(33-14-5-2-6-15-33)48-45(50-46)36-24-21-30-13-7-8-16-34(30)27-36;1-3-10-29(11-4-1)31-17-20-32(21-18-31)37-23-24-38(42-39-28-40-35(16-9-25-47-40)27-41(39)51-43(37)42)46-49-44(33-13-5-2-6-14-33)48-45(50-46)36-22-19-30-12-7-8-15-34(30)26-36;1-4-12-27(13-5-1)28-20-22-29(23-21-28)35-26-43-38(37-34-24-32-18-10-11-19-33(32)25-36(34)47-39(35)37)42-45-40(30-14-6-2-7-15-30)44-41(46-42)31-16-8-3-9-17-31/h2*1-28H;1-26H. The first-order valence-corrected chi connectivity index (χ1v) is 49.5. The third-order valence-electron chi connectivity index (χ3n) is 27.7. The van der Waals surface area contributed by atoms with Gasteiger partial charge in [0, 0.05) is 101 Å². The fourth-order valence-corrected chi connectivity index (χ4v) is 20.2. The predicted molar refractivity (Wildman–Crippen MR) is 604 cm³/mol. The third kappa shape index (κ3) is 16.8. The van der Waals surface area contributed by atoms with E-state index in [2.05, 4.69) is 320 Å². The van der Waals surface area contributed by atoms with Crippen LogP contribution >= 0.6 is 0 Å². The Morgan fingerprint density at radius 2 is 0.450 bits per heavy atom. The normalized spacial score (nSPS) is 11.5. The zero-order valence-corrected chi connectivity index (χ0v) is 79.9. The van der Waals surface area contributed by atoms with E-state index in [1.54, 1.807) is 0 Å². The number of nitrogens with zero attached hydrogens (tertiary/aromatic N) is 12. The highest BCUT2D eigenvalue weighted by Gasteiger charge is 2.28. The number of hydrogen-bond acceptors (Lipinski definition) is 15. The molecule has 0 aliphatic heterocycles. The summed E-state index contributed by atoms with van der Waals surface area (Å²) in [5.74, 6) is 5.22. The maximum Gasteiger partial charge on any atom is 0.183 e. The van der Waals surface area contributed by atoms with Crippen molar-refractivity contribution in [1.29, 1.82) is 0 Å². The SMILES string of the molecule is c1ccc(-c2ccc(-c3ccc(-c4nc(-c5ccccc5)nc(-c5ccc6ccccc6c5)n4)c4c3oc3cc5ccccc5nc34)cc2)cc1.c1ccc(-c2ccc(-c3ccc(-c4nc(-c5ccccc5)nc(-c5ccc6ccccc6c5)n4)c4c3oc3cc5cccnc5cc34)cc2)cc1.c1ccc(-c2ccc(-c3cnc(-c4nc(-c5ccccc5)nc(-c5ccccc5)n4)c4c3oc3cc5ccccc5cc34)cc2)cc1. The van der Waals surface area contributed by atoms with Crippen LogP contribution < -0.4 is 0 Å². The van der Waals surface area contributed by atoms with E-state index in [1.807, 2.05) is 182 Å². The molecule has 15 heteroatoms. The van der Waals surface area contributed by atoms with Crippen molar-refractivity contribution in [3.05, 3.63) is 498 Å². The molecule has 15 nitrogen and oxygen atoms in total. The molecule has 9 aromatic heterocycles. The lowest BCUT2D eigenvalue weighted by Crippen LogP contribution is -2.01. The first kappa shape index (κ1) is 87.6. The Morgan fingerprint density at radius 3 is 0.906 bits per heavy atom. The number of aromatic nitrogens is 12. The van der Waals surface area contributed by atoms with Gasteiger partial charge in [0.2, 0.25) is 0 Å². The predicted octanol–water partition coefficient (Wildman–Crippen LogP) is 34.3. The Bertz CT molecular complexity index is 9730. The van der Waals surface area contributed by atoms with Gasteiger partial charge in [-0.3, -0.25) is 9.97 Å². The largest absolute Gasteiger partial charge is 0.455 e. The minimum atomic E-state index is 0.490. The monoisotopic (exact) mass is 1910 g/mol.